The van der Waals surface area contributed by atoms with Crippen molar-refractivity contribution in [2.75, 3.05) is 10.6 Å². The molecule has 4 heteroatoms. The second-order valence-corrected chi connectivity index (χ2v) is 7.22. The van der Waals surface area contributed by atoms with Crippen molar-refractivity contribution in [1.82, 2.24) is 0 Å². The summed E-state index contributed by atoms with van der Waals surface area (Å²) in [6.07, 6.45) is 4.46. The molecule has 3 rings (SSSR count). The van der Waals surface area contributed by atoms with Gasteiger partial charge in [0.25, 0.3) is 0 Å². The van der Waals surface area contributed by atoms with Gasteiger partial charge >= 0.3 is 0 Å². The molecule has 1 aliphatic rings. The molecule has 2 aromatic rings. The predicted octanol–water partition coefficient (Wildman–Crippen LogP) is 4.63. The topological polar surface area (TPSA) is 58.2 Å². The Morgan fingerprint density at radius 1 is 0.962 bits per heavy atom. The average Bonchev–Trinajstić information content (AvgIpc) is 3.48. The Morgan fingerprint density at radius 2 is 1.58 bits per heavy atom. The van der Waals surface area contributed by atoms with Gasteiger partial charge in [-0.15, -0.1) is 0 Å². The Balaban J connectivity index is 1.41. The van der Waals surface area contributed by atoms with E-state index in [1.807, 2.05) is 42.5 Å². The Morgan fingerprint density at radius 3 is 2.19 bits per heavy atom. The lowest BCUT2D eigenvalue weighted by Gasteiger charge is -2.12. The van der Waals surface area contributed by atoms with E-state index in [0.717, 1.165) is 37.1 Å². The van der Waals surface area contributed by atoms with Crippen LogP contribution in [0.2, 0.25) is 0 Å². The zero-order chi connectivity index (χ0) is 18.4. The van der Waals surface area contributed by atoms with Gasteiger partial charge < -0.3 is 10.6 Å². The van der Waals surface area contributed by atoms with E-state index >= 15 is 0 Å². The quantitative estimate of drug-likeness (QED) is 0.729. The zero-order valence-corrected chi connectivity index (χ0v) is 15.2. The average molecular weight is 350 g/mol. The van der Waals surface area contributed by atoms with Crippen LogP contribution in [0.3, 0.4) is 0 Å². The van der Waals surface area contributed by atoms with Crippen molar-refractivity contribution in [2.45, 2.75) is 39.0 Å². The number of aryl methyl sites for hydroxylation is 1. The number of hydrogen-bond donors (Lipinski definition) is 2. The number of amides is 2. The minimum atomic E-state index is 0.0281. The molecule has 4 nitrogen and oxygen atoms in total. The number of benzene rings is 2. The number of carbonyl (C=O) groups excluding carboxylic acids is 2. The number of nitrogens with one attached hydrogen (secondary N) is 2. The highest BCUT2D eigenvalue weighted by Gasteiger charge is 2.29. The van der Waals surface area contributed by atoms with Crippen molar-refractivity contribution < 1.29 is 9.59 Å². The standard InChI is InChI=1S/C22H26N2O2/c1-16(7-8-17-5-3-2-4-6-17)15-21(25)23-19-11-13-20(14-12-19)24-22(26)18-9-10-18/h2-6,11-14,16,18H,7-10,15H2,1H3,(H,23,25)(H,24,26). The van der Waals surface area contributed by atoms with E-state index in [4.69, 9.17) is 0 Å². The van der Waals surface area contributed by atoms with E-state index in [-0.39, 0.29) is 17.7 Å². The van der Waals surface area contributed by atoms with Crippen LogP contribution in [-0.2, 0) is 16.0 Å². The van der Waals surface area contributed by atoms with Gasteiger partial charge in [0.1, 0.15) is 0 Å². The summed E-state index contributed by atoms with van der Waals surface area (Å²) in [5, 5.41) is 5.83. The lowest BCUT2D eigenvalue weighted by atomic mass is 9.98. The van der Waals surface area contributed by atoms with E-state index in [9.17, 15) is 9.59 Å². The molecule has 0 aliphatic heterocycles. The van der Waals surface area contributed by atoms with Crippen LogP contribution in [0, 0.1) is 11.8 Å². The molecule has 136 valence electrons. The minimum Gasteiger partial charge on any atom is -0.326 e. The summed E-state index contributed by atoms with van der Waals surface area (Å²) in [4.78, 5) is 24.0. The first kappa shape index (κ1) is 18.2. The van der Waals surface area contributed by atoms with Crippen LogP contribution in [0.25, 0.3) is 0 Å². The van der Waals surface area contributed by atoms with E-state index in [1.165, 1.54) is 5.56 Å². The fraction of sp³-hybridized carbons (Fsp3) is 0.364. The summed E-state index contributed by atoms with van der Waals surface area (Å²) in [6.45, 7) is 2.11. The Labute approximate surface area is 155 Å². The number of hydrogen-bond acceptors (Lipinski definition) is 2. The smallest absolute Gasteiger partial charge is 0.227 e. The highest BCUT2D eigenvalue weighted by Crippen LogP contribution is 2.30. The molecule has 2 aromatic carbocycles. The number of anilines is 2. The lowest BCUT2D eigenvalue weighted by Crippen LogP contribution is -2.16. The first-order valence-corrected chi connectivity index (χ1v) is 9.35. The SMILES string of the molecule is CC(CCc1ccccc1)CC(=O)Nc1ccc(NC(=O)C2CC2)cc1. The molecule has 1 fully saturated rings. The molecular weight excluding hydrogens is 324 g/mol. The second-order valence-electron chi connectivity index (χ2n) is 7.22. The summed E-state index contributed by atoms with van der Waals surface area (Å²) in [5.74, 6) is 0.633. The van der Waals surface area contributed by atoms with E-state index in [1.54, 1.807) is 0 Å². The van der Waals surface area contributed by atoms with Crippen molar-refractivity contribution in [1.29, 1.82) is 0 Å². The van der Waals surface area contributed by atoms with Gasteiger partial charge in [-0.2, -0.15) is 0 Å². The maximum absolute atomic E-state index is 12.2. The summed E-state index contributed by atoms with van der Waals surface area (Å²) < 4.78 is 0. The largest absolute Gasteiger partial charge is 0.326 e. The maximum atomic E-state index is 12.2. The van der Waals surface area contributed by atoms with Gasteiger partial charge in [0.2, 0.25) is 11.8 Å². The summed E-state index contributed by atoms with van der Waals surface area (Å²) in [7, 11) is 0. The van der Waals surface area contributed by atoms with Crippen molar-refractivity contribution in [2.24, 2.45) is 11.8 Å². The van der Waals surface area contributed by atoms with Crippen LogP contribution < -0.4 is 10.6 Å². The monoisotopic (exact) mass is 350 g/mol. The second kappa shape index (κ2) is 8.65. The molecule has 0 heterocycles. The van der Waals surface area contributed by atoms with E-state index in [2.05, 4.69) is 29.7 Å². The summed E-state index contributed by atoms with van der Waals surface area (Å²) >= 11 is 0. The molecule has 2 amide bonds. The van der Waals surface area contributed by atoms with Gasteiger partial charge in [-0.25, -0.2) is 0 Å². The van der Waals surface area contributed by atoms with Gasteiger partial charge in [-0.05, 0) is 61.4 Å². The summed E-state index contributed by atoms with van der Waals surface area (Å²) in [6, 6.07) is 17.7. The van der Waals surface area contributed by atoms with Gasteiger partial charge in [-0.1, -0.05) is 37.3 Å². The van der Waals surface area contributed by atoms with Gasteiger partial charge in [0, 0.05) is 23.7 Å². The minimum absolute atomic E-state index is 0.0281. The molecule has 0 bridgehead atoms. The van der Waals surface area contributed by atoms with Crippen molar-refractivity contribution >= 4 is 23.2 Å². The normalized spacial score (nSPS) is 14.5. The van der Waals surface area contributed by atoms with Gasteiger partial charge in [-0.3, -0.25) is 9.59 Å². The first-order valence-electron chi connectivity index (χ1n) is 9.35. The maximum Gasteiger partial charge on any atom is 0.227 e. The van der Waals surface area contributed by atoms with Crippen LogP contribution in [0.1, 0.15) is 38.2 Å². The van der Waals surface area contributed by atoms with Crippen LogP contribution >= 0.6 is 0 Å². The molecule has 1 saturated carbocycles. The third-order valence-electron chi connectivity index (χ3n) is 4.69. The fourth-order valence-electron chi connectivity index (χ4n) is 2.92. The number of rotatable bonds is 8. The fourth-order valence-corrected chi connectivity index (χ4v) is 2.92. The molecule has 26 heavy (non-hydrogen) atoms. The predicted molar refractivity (Wildman–Crippen MR) is 105 cm³/mol. The molecule has 0 spiro atoms. The van der Waals surface area contributed by atoms with Crippen molar-refractivity contribution in [3.05, 3.63) is 60.2 Å². The van der Waals surface area contributed by atoms with Gasteiger partial charge in [0.15, 0.2) is 0 Å². The van der Waals surface area contributed by atoms with Crippen LogP contribution in [0.5, 0.6) is 0 Å². The number of carbonyl (C=O) groups is 2. The molecular formula is C22H26N2O2. The highest BCUT2D eigenvalue weighted by molar-refractivity contribution is 5.95. The van der Waals surface area contributed by atoms with Crippen LogP contribution in [-0.4, -0.2) is 11.8 Å². The molecule has 1 aliphatic carbocycles. The highest BCUT2D eigenvalue weighted by atomic mass is 16.2. The van der Waals surface area contributed by atoms with E-state index in [0.29, 0.717) is 12.3 Å². The third kappa shape index (κ3) is 5.73. The molecule has 1 atom stereocenters. The molecule has 0 aromatic heterocycles. The van der Waals surface area contributed by atoms with Crippen molar-refractivity contribution in [3.8, 4) is 0 Å². The first-order chi connectivity index (χ1) is 12.6. The summed E-state index contributed by atoms with van der Waals surface area (Å²) in [5.41, 5.74) is 2.84. The van der Waals surface area contributed by atoms with Crippen LogP contribution in [0.4, 0.5) is 11.4 Å². The Hall–Kier alpha value is -2.62. The molecule has 1 unspecified atom stereocenters. The van der Waals surface area contributed by atoms with Crippen LogP contribution in [0.15, 0.2) is 54.6 Å². The molecule has 0 saturated heterocycles. The molecule has 2 N–H and O–H groups in total. The Bertz CT molecular complexity index is 736. The van der Waals surface area contributed by atoms with Crippen molar-refractivity contribution in [3.63, 3.8) is 0 Å². The zero-order valence-electron chi connectivity index (χ0n) is 15.2. The van der Waals surface area contributed by atoms with E-state index < -0.39 is 0 Å². The van der Waals surface area contributed by atoms with Gasteiger partial charge in [0.05, 0.1) is 0 Å². The Kier molecular flexibility index (Phi) is 6.05. The lowest BCUT2D eigenvalue weighted by molar-refractivity contribution is -0.118. The third-order valence-corrected chi connectivity index (χ3v) is 4.69. The molecule has 0 radical (unpaired) electrons.